The average Bonchev–Trinajstić information content (AvgIpc) is 3.09. The summed E-state index contributed by atoms with van der Waals surface area (Å²) < 4.78 is 86.0. The molecular formula is C26H18F6. The topological polar surface area (TPSA) is 0 Å². The Morgan fingerprint density at radius 1 is 0.719 bits per heavy atom. The molecule has 0 saturated heterocycles. The molecule has 0 N–H and O–H groups in total. The van der Waals surface area contributed by atoms with Gasteiger partial charge in [-0.25, -0.2) is 26.3 Å². The summed E-state index contributed by atoms with van der Waals surface area (Å²) in [5.41, 5.74) is 0.165. The van der Waals surface area contributed by atoms with Crippen LogP contribution < -0.4 is 0 Å². The van der Waals surface area contributed by atoms with Gasteiger partial charge in [0.05, 0.1) is 5.56 Å². The SMILES string of the molecule is C/C=C/CCc1cc(F)c(-c2cc(F)c(C3=Cc4cc(F)c(F)cc4C3)c(F)c2)c(F)c1. The third kappa shape index (κ3) is 4.09. The van der Waals surface area contributed by atoms with E-state index in [0.717, 1.165) is 36.4 Å². The van der Waals surface area contributed by atoms with Crippen molar-refractivity contribution in [1.29, 1.82) is 0 Å². The molecule has 3 aromatic rings. The van der Waals surface area contributed by atoms with Crippen LogP contribution in [0, 0.1) is 34.9 Å². The normalized spacial score (nSPS) is 13.0. The summed E-state index contributed by atoms with van der Waals surface area (Å²) in [6.07, 6.45) is 6.11. The largest absolute Gasteiger partial charge is 0.206 e. The zero-order chi connectivity index (χ0) is 23.0. The van der Waals surface area contributed by atoms with E-state index in [2.05, 4.69) is 0 Å². The molecule has 0 fully saturated rings. The molecule has 3 aromatic carbocycles. The lowest BCUT2D eigenvalue weighted by molar-refractivity contribution is 0.507. The van der Waals surface area contributed by atoms with Crippen LogP contribution >= 0.6 is 0 Å². The lowest BCUT2D eigenvalue weighted by Crippen LogP contribution is -2.00. The van der Waals surface area contributed by atoms with Crippen molar-refractivity contribution < 1.29 is 26.3 Å². The molecule has 0 heterocycles. The van der Waals surface area contributed by atoms with Crippen LogP contribution in [0.3, 0.4) is 0 Å². The maximum atomic E-state index is 14.9. The molecule has 0 amide bonds. The summed E-state index contributed by atoms with van der Waals surface area (Å²) >= 11 is 0. The molecule has 0 aliphatic heterocycles. The molecule has 0 aromatic heterocycles. The predicted molar refractivity (Wildman–Crippen MR) is 113 cm³/mol. The van der Waals surface area contributed by atoms with Crippen molar-refractivity contribution in [3.8, 4) is 11.1 Å². The monoisotopic (exact) mass is 444 g/mol. The molecule has 0 atom stereocenters. The van der Waals surface area contributed by atoms with E-state index in [-0.39, 0.29) is 17.6 Å². The van der Waals surface area contributed by atoms with Gasteiger partial charge in [-0.05, 0) is 90.4 Å². The van der Waals surface area contributed by atoms with Crippen LogP contribution in [0.5, 0.6) is 0 Å². The lowest BCUT2D eigenvalue weighted by atomic mass is 9.96. The molecule has 164 valence electrons. The van der Waals surface area contributed by atoms with Gasteiger partial charge in [0.25, 0.3) is 0 Å². The number of allylic oxidation sites excluding steroid dienone is 3. The first kappa shape index (κ1) is 21.9. The van der Waals surface area contributed by atoms with E-state index in [4.69, 9.17) is 0 Å². The molecule has 0 spiro atoms. The van der Waals surface area contributed by atoms with Gasteiger partial charge in [0.2, 0.25) is 0 Å². The van der Waals surface area contributed by atoms with Crippen molar-refractivity contribution in [2.24, 2.45) is 0 Å². The zero-order valence-corrected chi connectivity index (χ0v) is 17.1. The van der Waals surface area contributed by atoms with Gasteiger partial charge in [-0.2, -0.15) is 0 Å². The zero-order valence-electron chi connectivity index (χ0n) is 17.1. The highest BCUT2D eigenvalue weighted by atomic mass is 19.2. The smallest absolute Gasteiger partial charge is 0.159 e. The summed E-state index contributed by atoms with van der Waals surface area (Å²) in [6.45, 7) is 1.84. The molecule has 0 radical (unpaired) electrons. The van der Waals surface area contributed by atoms with Crippen LogP contribution in [0.2, 0.25) is 0 Å². The Morgan fingerprint density at radius 2 is 1.31 bits per heavy atom. The minimum atomic E-state index is -1.06. The molecule has 0 bridgehead atoms. The van der Waals surface area contributed by atoms with E-state index in [1.165, 1.54) is 6.08 Å². The van der Waals surface area contributed by atoms with Gasteiger partial charge in [0.1, 0.15) is 23.3 Å². The van der Waals surface area contributed by atoms with Gasteiger partial charge in [-0.15, -0.1) is 0 Å². The van der Waals surface area contributed by atoms with Crippen LogP contribution in [0.25, 0.3) is 22.8 Å². The van der Waals surface area contributed by atoms with E-state index in [1.54, 1.807) is 0 Å². The maximum absolute atomic E-state index is 14.9. The highest BCUT2D eigenvalue weighted by Gasteiger charge is 2.24. The Kier molecular flexibility index (Phi) is 5.96. The second-order valence-electron chi connectivity index (χ2n) is 7.67. The number of halogens is 6. The standard InChI is InChI=1S/C26H18F6/c1-2-3-4-5-14-6-21(29)26(22(30)7-14)18-12-23(31)25(24(32)13-18)17-8-15-10-19(27)20(28)11-16(15)9-17/h2-3,6-8,10-13H,4-5,9H2,1H3/b3-2+. The van der Waals surface area contributed by atoms with Crippen LogP contribution in [0.4, 0.5) is 26.3 Å². The van der Waals surface area contributed by atoms with Crippen molar-refractivity contribution in [3.63, 3.8) is 0 Å². The minimum Gasteiger partial charge on any atom is -0.206 e. The van der Waals surface area contributed by atoms with Crippen LogP contribution in [-0.2, 0) is 12.8 Å². The summed E-state index contributed by atoms with van der Waals surface area (Å²) in [5.74, 6) is -5.96. The fraction of sp³-hybridized carbons (Fsp3) is 0.154. The Labute approximate surface area is 181 Å². The molecule has 6 heteroatoms. The summed E-state index contributed by atoms with van der Waals surface area (Å²) in [5, 5.41) is 0. The van der Waals surface area contributed by atoms with Gasteiger partial charge in [-0.1, -0.05) is 18.2 Å². The maximum Gasteiger partial charge on any atom is 0.159 e. The van der Waals surface area contributed by atoms with E-state index < -0.39 is 46.0 Å². The summed E-state index contributed by atoms with van der Waals surface area (Å²) in [7, 11) is 0. The van der Waals surface area contributed by atoms with Crippen LogP contribution in [0.15, 0.2) is 48.6 Å². The van der Waals surface area contributed by atoms with Gasteiger partial charge in [-0.3, -0.25) is 0 Å². The molecule has 0 saturated carbocycles. The number of benzene rings is 3. The number of aryl methyl sites for hydroxylation is 1. The quantitative estimate of drug-likeness (QED) is 0.278. The van der Waals surface area contributed by atoms with E-state index >= 15 is 0 Å². The predicted octanol–water partition coefficient (Wildman–Crippen LogP) is 7.79. The third-order valence-electron chi connectivity index (χ3n) is 5.48. The van der Waals surface area contributed by atoms with Crippen molar-refractivity contribution in [2.75, 3.05) is 0 Å². The highest BCUT2D eigenvalue weighted by molar-refractivity contribution is 5.89. The molecule has 1 aliphatic carbocycles. The van der Waals surface area contributed by atoms with Gasteiger partial charge >= 0.3 is 0 Å². The molecule has 0 unspecified atom stereocenters. The Balaban J connectivity index is 1.69. The second kappa shape index (κ2) is 8.69. The lowest BCUT2D eigenvalue weighted by Gasteiger charge is -2.12. The third-order valence-corrected chi connectivity index (χ3v) is 5.48. The van der Waals surface area contributed by atoms with E-state index in [1.807, 2.05) is 19.1 Å². The van der Waals surface area contributed by atoms with E-state index in [9.17, 15) is 26.3 Å². The minimum absolute atomic E-state index is 0.00332. The first-order chi connectivity index (χ1) is 15.3. The van der Waals surface area contributed by atoms with Crippen molar-refractivity contribution in [3.05, 3.63) is 106 Å². The van der Waals surface area contributed by atoms with Crippen molar-refractivity contribution >= 4 is 11.6 Å². The second-order valence-corrected chi connectivity index (χ2v) is 7.67. The Morgan fingerprint density at radius 3 is 1.94 bits per heavy atom. The van der Waals surface area contributed by atoms with Gasteiger partial charge < -0.3 is 0 Å². The Bertz CT molecular complexity index is 1220. The summed E-state index contributed by atoms with van der Waals surface area (Å²) in [4.78, 5) is 0. The Hall–Kier alpha value is -3.28. The van der Waals surface area contributed by atoms with Crippen LogP contribution in [0.1, 0.15) is 35.6 Å². The number of hydrogen-bond donors (Lipinski definition) is 0. The first-order valence-corrected chi connectivity index (χ1v) is 10.1. The first-order valence-electron chi connectivity index (χ1n) is 10.1. The molecule has 32 heavy (non-hydrogen) atoms. The van der Waals surface area contributed by atoms with Crippen molar-refractivity contribution in [2.45, 2.75) is 26.2 Å². The highest BCUT2D eigenvalue weighted by Crippen LogP contribution is 2.37. The van der Waals surface area contributed by atoms with Crippen molar-refractivity contribution in [1.82, 2.24) is 0 Å². The molecule has 0 nitrogen and oxygen atoms in total. The molecule has 4 rings (SSSR count). The van der Waals surface area contributed by atoms with Gasteiger partial charge in [0, 0.05) is 5.56 Å². The molecular weight excluding hydrogens is 426 g/mol. The number of hydrogen-bond acceptors (Lipinski definition) is 0. The molecule has 1 aliphatic rings. The number of fused-ring (bicyclic) bond motifs is 1. The van der Waals surface area contributed by atoms with Gasteiger partial charge in [0.15, 0.2) is 11.6 Å². The van der Waals surface area contributed by atoms with E-state index in [0.29, 0.717) is 29.5 Å². The fourth-order valence-electron chi connectivity index (χ4n) is 3.98. The fourth-order valence-corrected chi connectivity index (χ4v) is 3.98. The number of rotatable bonds is 5. The van der Waals surface area contributed by atoms with Crippen LogP contribution in [-0.4, -0.2) is 0 Å². The average molecular weight is 444 g/mol. The summed E-state index contributed by atoms with van der Waals surface area (Å²) in [6, 6.07) is 6.00.